The van der Waals surface area contributed by atoms with E-state index in [9.17, 15) is 9.59 Å². The van der Waals surface area contributed by atoms with E-state index in [1.807, 2.05) is 0 Å². The van der Waals surface area contributed by atoms with Crippen molar-refractivity contribution in [1.82, 2.24) is 15.5 Å². The molecule has 3 amide bonds. The standard InChI is InChI=1S/C13H26N4O2/c1-2-3-7-16-13(19)17-9-4-5-11(10-17)12(18)15-8-6-14/h11H,2-10,14H2,1H3,(H,15,18)(H,16,19). The number of rotatable bonds is 6. The van der Waals surface area contributed by atoms with Crippen LogP contribution in [0.15, 0.2) is 0 Å². The lowest BCUT2D eigenvalue weighted by Crippen LogP contribution is -2.49. The highest BCUT2D eigenvalue weighted by atomic mass is 16.2. The number of urea groups is 1. The number of unbranched alkanes of at least 4 members (excludes halogenated alkanes) is 1. The van der Waals surface area contributed by atoms with Crippen LogP contribution in [-0.2, 0) is 4.79 Å². The molecular formula is C13H26N4O2. The summed E-state index contributed by atoms with van der Waals surface area (Å²) in [5.74, 6) is -0.0891. The Balaban J connectivity index is 2.36. The molecule has 1 fully saturated rings. The van der Waals surface area contributed by atoms with Gasteiger partial charge in [0.05, 0.1) is 5.92 Å². The van der Waals surface area contributed by atoms with Crippen LogP contribution in [0.1, 0.15) is 32.6 Å². The first kappa shape index (κ1) is 15.8. The van der Waals surface area contributed by atoms with Crippen LogP contribution in [0.4, 0.5) is 4.79 Å². The summed E-state index contributed by atoms with van der Waals surface area (Å²) in [6.45, 7) is 4.98. The Morgan fingerprint density at radius 2 is 2.11 bits per heavy atom. The predicted octanol–water partition coefficient (Wildman–Crippen LogP) is 0.283. The number of nitrogens with one attached hydrogen (secondary N) is 2. The van der Waals surface area contributed by atoms with Crippen LogP contribution >= 0.6 is 0 Å². The van der Waals surface area contributed by atoms with Gasteiger partial charge in [0.25, 0.3) is 0 Å². The Labute approximate surface area is 115 Å². The summed E-state index contributed by atoms with van der Waals surface area (Å²) in [6.07, 6.45) is 3.77. The van der Waals surface area contributed by atoms with E-state index in [1.54, 1.807) is 4.90 Å². The fraction of sp³-hybridized carbons (Fsp3) is 0.846. The van der Waals surface area contributed by atoms with Gasteiger partial charge in [0.1, 0.15) is 0 Å². The third-order valence-corrected chi connectivity index (χ3v) is 3.33. The van der Waals surface area contributed by atoms with Crippen molar-refractivity contribution in [2.45, 2.75) is 32.6 Å². The lowest BCUT2D eigenvalue weighted by atomic mass is 9.97. The van der Waals surface area contributed by atoms with Gasteiger partial charge in [-0.25, -0.2) is 4.79 Å². The van der Waals surface area contributed by atoms with Crippen LogP contribution in [0.5, 0.6) is 0 Å². The van der Waals surface area contributed by atoms with Gasteiger partial charge in [0.15, 0.2) is 0 Å². The van der Waals surface area contributed by atoms with Crippen LogP contribution in [0.25, 0.3) is 0 Å². The molecule has 1 unspecified atom stereocenters. The molecule has 0 aromatic heterocycles. The molecule has 1 heterocycles. The zero-order chi connectivity index (χ0) is 14.1. The number of hydrogen-bond donors (Lipinski definition) is 3. The van der Waals surface area contributed by atoms with Gasteiger partial charge in [0.2, 0.25) is 5.91 Å². The number of nitrogens with zero attached hydrogens (tertiary/aromatic N) is 1. The highest BCUT2D eigenvalue weighted by Crippen LogP contribution is 2.16. The molecule has 1 saturated heterocycles. The molecule has 6 heteroatoms. The van der Waals surface area contributed by atoms with Crippen LogP contribution < -0.4 is 16.4 Å². The summed E-state index contributed by atoms with van der Waals surface area (Å²) in [5, 5.41) is 5.68. The molecule has 0 radical (unpaired) electrons. The smallest absolute Gasteiger partial charge is 0.317 e. The topological polar surface area (TPSA) is 87.5 Å². The minimum atomic E-state index is -0.0998. The number of likely N-dealkylation sites (tertiary alicyclic amines) is 1. The van der Waals surface area contributed by atoms with Gasteiger partial charge >= 0.3 is 6.03 Å². The normalized spacial score (nSPS) is 19.1. The lowest BCUT2D eigenvalue weighted by molar-refractivity contribution is -0.126. The molecule has 4 N–H and O–H groups in total. The van der Waals surface area contributed by atoms with Crippen LogP contribution in [-0.4, -0.2) is 49.6 Å². The number of hydrogen-bond acceptors (Lipinski definition) is 3. The first-order valence-electron chi connectivity index (χ1n) is 7.19. The molecule has 0 bridgehead atoms. The highest BCUT2D eigenvalue weighted by molar-refractivity contribution is 5.80. The van der Waals surface area contributed by atoms with E-state index in [1.165, 1.54) is 0 Å². The number of nitrogens with two attached hydrogens (primary N) is 1. The fourth-order valence-corrected chi connectivity index (χ4v) is 2.20. The third kappa shape index (κ3) is 5.46. The van der Waals surface area contributed by atoms with Crippen molar-refractivity contribution in [3.8, 4) is 0 Å². The SMILES string of the molecule is CCCCNC(=O)N1CCCC(C(=O)NCCN)C1. The molecule has 1 rings (SSSR count). The van der Waals surface area contributed by atoms with Crippen LogP contribution in [0.3, 0.4) is 0 Å². The zero-order valence-corrected chi connectivity index (χ0v) is 11.8. The largest absolute Gasteiger partial charge is 0.355 e. The third-order valence-electron chi connectivity index (χ3n) is 3.33. The minimum absolute atomic E-state index is 0.0107. The van der Waals surface area contributed by atoms with Crippen LogP contribution in [0.2, 0.25) is 0 Å². The second-order valence-corrected chi connectivity index (χ2v) is 4.95. The number of carbonyl (C=O) groups is 2. The van der Waals surface area contributed by atoms with Gasteiger partial charge in [-0.2, -0.15) is 0 Å². The second kappa shape index (κ2) is 8.74. The molecule has 1 aliphatic heterocycles. The average molecular weight is 270 g/mol. The summed E-state index contributed by atoms with van der Waals surface area (Å²) in [6, 6.07) is -0.0511. The first-order valence-corrected chi connectivity index (χ1v) is 7.19. The molecule has 0 aliphatic carbocycles. The van der Waals surface area contributed by atoms with E-state index < -0.39 is 0 Å². The number of amides is 3. The predicted molar refractivity (Wildman–Crippen MR) is 74.7 cm³/mol. The Morgan fingerprint density at radius 1 is 1.32 bits per heavy atom. The van der Waals surface area contributed by atoms with Crippen molar-refractivity contribution in [2.75, 3.05) is 32.7 Å². The van der Waals surface area contributed by atoms with Gasteiger partial charge < -0.3 is 21.3 Å². The van der Waals surface area contributed by atoms with Crippen molar-refractivity contribution < 1.29 is 9.59 Å². The quantitative estimate of drug-likeness (QED) is 0.606. The van der Waals surface area contributed by atoms with Crippen molar-refractivity contribution >= 4 is 11.9 Å². The second-order valence-electron chi connectivity index (χ2n) is 4.95. The summed E-state index contributed by atoms with van der Waals surface area (Å²) in [7, 11) is 0. The van der Waals surface area contributed by atoms with E-state index in [2.05, 4.69) is 17.6 Å². The van der Waals surface area contributed by atoms with Gasteiger partial charge in [0, 0.05) is 32.7 Å². The van der Waals surface area contributed by atoms with E-state index >= 15 is 0 Å². The number of carbonyl (C=O) groups excluding carboxylic acids is 2. The Morgan fingerprint density at radius 3 is 2.79 bits per heavy atom. The van der Waals surface area contributed by atoms with E-state index in [0.29, 0.717) is 26.2 Å². The Hall–Kier alpha value is -1.30. The van der Waals surface area contributed by atoms with Crippen LogP contribution in [0, 0.1) is 5.92 Å². The molecule has 1 aliphatic rings. The summed E-state index contributed by atoms with van der Waals surface area (Å²) < 4.78 is 0. The first-order chi connectivity index (χ1) is 9.19. The molecule has 1 atom stereocenters. The summed E-state index contributed by atoms with van der Waals surface area (Å²) >= 11 is 0. The maximum Gasteiger partial charge on any atom is 0.317 e. The van der Waals surface area contributed by atoms with E-state index in [-0.39, 0.29) is 17.9 Å². The number of piperidine rings is 1. The monoisotopic (exact) mass is 270 g/mol. The average Bonchev–Trinajstić information content (AvgIpc) is 2.45. The highest BCUT2D eigenvalue weighted by Gasteiger charge is 2.27. The molecule has 110 valence electrons. The van der Waals surface area contributed by atoms with Crippen molar-refractivity contribution in [3.05, 3.63) is 0 Å². The molecule has 0 saturated carbocycles. The van der Waals surface area contributed by atoms with E-state index in [0.717, 1.165) is 32.2 Å². The molecular weight excluding hydrogens is 244 g/mol. The fourth-order valence-electron chi connectivity index (χ4n) is 2.20. The summed E-state index contributed by atoms with van der Waals surface area (Å²) in [5.41, 5.74) is 5.36. The van der Waals surface area contributed by atoms with Gasteiger partial charge in [-0.1, -0.05) is 13.3 Å². The molecule has 6 nitrogen and oxygen atoms in total. The maximum atomic E-state index is 11.9. The van der Waals surface area contributed by atoms with Gasteiger partial charge in [-0.15, -0.1) is 0 Å². The summed E-state index contributed by atoms with van der Waals surface area (Å²) in [4.78, 5) is 25.5. The molecule has 19 heavy (non-hydrogen) atoms. The van der Waals surface area contributed by atoms with Crippen molar-refractivity contribution in [3.63, 3.8) is 0 Å². The Bertz CT molecular complexity index is 296. The van der Waals surface area contributed by atoms with E-state index in [4.69, 9.17) is 5.73 Å². The zero-order valence-electron chi connectivity index (χ0n) is 11.8. The van der Waals surface area contributed by atoms with Crippen molar-refractivity contribution in [1.29, 1.82) is 0 Å². The maximum absolute atomic E-state index is 11.9. The lowest BCUT2D eigenvalue weighted by Gasteiger charge is -2.32. The molecule has 0 spiro atoms. The molecule has 0 aromatic rings. The van der Waals surface area contributed by atoms with Gasteiger partial charge in [-0.05, 0) is 19.3 Å². The molecule has 0 aromatic carbocycles. The van der Waals surface area contributed by atoms with Gasteiger partial charge in [-0.3, -0.25) is 4.79 Å². The van der Waals surface area contributed by atoms with Crippen molar-refractivity contribution in [2.24, 2.45) is 11.7 Å². The minimum Gasteiger partial charge on any atom is -0.355 e. The Kier molecular flexibility index (Phi) is 7.25.